The van der Waals surface area contributed by atoms with Gasteiger partial charge in [0.2, 0.25) is 0 Å². The fourth-order valence-corrected chi connectivity index (χ4v) is 20.6. The number of amides is 1. The van der Waals surface area contributed by atoms with Crippen LogP contribution in [0.4, 0.5) is 0 Å². The van der Waals surface area contributed by atoms with Gasteiger partial charge in [-0.15, -0.1) is 0 Å². The first-order valence-corrected chi connectivity index (χ1v) is 20.6. The Morgan fingerprint density at radius 1 is 0.812 bits per heavy atom. The third-order valence-electron chi connectivity index (χ3n) is 6.55. The maximum atomic E-state index is 13.7. The van der Waals surface area contributed by atoms with Crippen LogP contribution in [-0.4, -0.2) is 40.9 Å². The van der Waals surface area contributed by atoms with E-state index in [1.54, 1.807) is 7.11 Å². The molecule has 2 aromatic carbocycles. The van der Waals surface area contributed by atoms with Gasteiger partial charge in [-0.1, -0.05) is 0 Å². The number of methoxy groups -OCH3 is 1. The minimum absolute atomic E-state index is 0.187. The number of benzene rings is 2. The zero-order valence-corrected chi connectivity index (χ0v) is 23.6. The van der Waals surface area contributed by atoms with E-state index < -0.39 is 18.4 Å². The van der Waals surface area contributed by atoms with Gasteiger partial charge in [0.05, 0.1) is 0 Å². The second-order valence-electron chi connectivity index (χ2n) is 9.19. The fraction of sp³-hybridized carbons (Fsp3) is 0.536. The van der Waals surface area contributed by atoms with Crippen molar-refractivity contribution in [3.8, 4) is 5.75 Å². The van der Waals surface area contributed by atoms with E-state index in [9.17, 15) is 4.79 Å². The average molecular weight is 544 g/mol. The molecular weight excluding hydrogens is 501 g/mol. The SMILES string of the molecule is CCC[CH2][Sn]([CH2]CCC)([CH2]CCC)[CH2]N(Cc1ccc(OC)cc1)C(=O)c1ccccc1. The van der Waals surface area contributed by atoms with Gasteiger partial charge in [-0.05, 0) is 0 Å². The molecule has 0 fully saturated rings. The molecule has 0 aliphatic carbocycles. The molecule has 1 amide bonds. The molecule has 0 bridgehead atoms. The van der Waals surface area contributed by atoms with Gasteiger partial charge in [-0.2, -0.15) is 0 Å². The van der Waals surface area contributed by atoms with Gasteiger partial charge in [0.25, 0.3) is 0 Å². The second kappa shape index (κ2) is 14.6. The van der Waals surface area contributed by atoms with Crippen LogP contribution in [0.15, 0.2) is 54.6 Å². The Bertz CT molecular complexity index is 754. The Morgan fingerprint density at radius 2 is 1.34 bits per heavy atom. The summed E-state index contributed by atoms with van der Waals surface area (Å²) in [5.74, 6) is 1.05. The van der Waals surface area contributed by atoms with E-state index in [2.05, 4.69) is 37.8 Å². The molecule has 0 aliphatic heterocycles. The van der Waals surface area contributed by atoms with Crippen molar-refractivity contribution in [2.45, 2.75) is 79.2 Å². The Labute approximate surface area is 200 Å². The van der Waals surface area contributed by atoms with Crippen molar-refractivity contribution >= 4 is 24.3 Å². The van der Waals surface area contributed by atoms with Crippen molar-refractivity contribution in [2.75, 3.05) is 11.7 Å². The number of rotatable bonds is 15. The molecule has 0 aromatic heterocycles. The first kappa shape index (κ1) is 26.8. The summed E-state index contributed by atoms with van der Waals surface area (Å²) in [6, 6.07) is 18.1. The molecule has 2 rings (SSSR count). The molecule has 0 radical (unpaired) electrons. The van der Waals surface area contributed by atoms with Gasteiger partial charge >= 0.3 is 201 Å². The Kier molecular flexibility index (Phi) is 12.2. The summed E-state index contributed by atoms with van der Waals surface area (Å²) >= 11 is -2.53. The molecule has 176 valence electrons. The molecule has 0 saturated heterocycles. The van der Waals surface area contributed by atoms with Gasteiger partial charge in [0.1, 0.15) is 0 Å². The number of unbranched alkanes of at least 4 members (excludes halogenated alkanes) is 3. The van der Waals surface area contributed by atoms with Crippen LogP contribution in [0.25, 0.3) is 0 Å². The molecule has 0 N–H and O–H groups in total. The van der Waals surface area contributed by atoms with Crippen molar-refractivity contribution in [1.29, 1.82) is 0 Å². The van der Waals surface area contributed by atoms with E-state index in [-0.39, 0.29) is 5.91 Å². The molecule has 0 unspecified atom stereocenters. The van der Waals surface area contributed by atoms with Gasteiger partial charge < -0.3 is 0 Å². The molecule has 0 atom stereocenters. The van der Waals surface area contributed by atoms with Crippen LogP contribution >= 0.6 is 0 Å². The molecule has 0 heterocycles. The predicted octanol–water partition coefficient (Wildman–Crippen LogP) is 7.73. The van der Waals surface area contributed by atoms with Crippen LogP contribution in [0, 0.1) is 0 Å². The van der Waals surface area contributed by atoms with Crippen molar-refractivity contribution in [3.63, 3.8) is 0 Å². The summed E-state index contributed by atoms with van der Waals surface area (Å²) in [7, 11) is 1.69. The van der Waals surface area contributed by atoms with E-state index in [0.717, 1.165) is 15.9 Å². The van der Waals surface area contributed by atoms with Crippen LogP contribution in [0.5, 0.6) is 5.75 Å². The Morgan fingerprint density at radius 3 is 1.81 bits per heavy atom. The van der Waals surface area contributed by atoms with E-state index >= 15 is 0 Å². The molecule has 4 heteroatoms. The van der Waals surface area contributed by atoms with Crippen molar-refractivity contribution in [2.24, 2.45) is 0 Å². The second-order valence-corrected chi connectivity index (χ2v) is 22.9. The average Bonchev–Trinajstić information content (AvgIpc) is 2.85. The number of carbonyl (C=O) groups is 1. The number of hydrogen-bond donors (Lipinski definition) is 0. The third-order valence-corrected chi connectivity index (χ3v) is 21.7. The van der Waals surface area contributed by atoms with Crippen molar-refractivity contribution in [3.05, 3.63) is 65.7 Å². The molecule has 3 nitrogen and oxygen atoms in total. The van der Waals surface area contributed by atoms with Crippen LogP contribution in [0.1, 0.15) is 75.2 Å². The topological polar surface area (TPSA) is 29.5 Å². The normalized spacial score (nSPS) is 11.4. The zero-order valence-electron chi connectivity index (χ0n) is 20.7. The van der Waals surface area contributed by atoms with Crippen molar-refractivity contribution < 1.29 is 9.53 Å². The van der Waals surface area contributed by atoms with E-state index in [4.69, 9.17) is 4.74 Å². The van der Waals surface area contributed by atoms with Crippen LogP contribution in [0.2, 0.25) is 13.3 Å². The number of hydrogen-bond acceptors (Lipinski definition) is 2. The van der Waals surface area contributed by atoms with Gasteiger partial charge in [0.15, 0.2) is 0 Å². The predicted molar refractivity (Wildman–Crippen MR) is 139 cm³/mol. The summed E-state index contributed by atoms with van der Waals surface area (Å²) in [6.07, 6.45) is 7.71. The molecule has 0 spiro atoms. The summed E-state index contributed by atoms with van der Waals surface area (Å²) in [6.45, 7) is 7.60. The summed E-state index contributed by atoms with van der Waals surface area (Å²) in [4.78, 5) is 15.9. The number of ether oxygens (including phenoxy) is 1. The van der Waals surface area contributed by atoms with E-state index in [1.165, 1.54) is 57.4 Å². The summed E-state index contributed by atoms with van der Waals surface area (Å²) < 4.78 is 10.6. The number of carbonyl (C=O) groups excluding carboxylic acids is 1. The quantitative estimate of drug-likeness (QED) is 0.215. The Balaban J connectivity index is 2.36. The molecule has 0 saturated carbocycles. The monoisotopic (exact) mass is 545 g/mol. The van der Waals surface area contributed by atoms with Gasteiger partial charge in [0, 0.05) is 0 Å². The third kappa shape index (κ3) is 8.46. The Hall–Kier alpha value is -1.49. The molecule has 2 aromatic rings. The standard InChI is InChI=1S/C16H16NO2.3C4H9.Sn/c1-17(16(18)14-6-4-3-5-7-14)12-13-8-10-15(19-2)11-9-13;3*1-3-4-2;/h3-11H,1,12H2,2H3;3*1,3-4H2,2H3;. The van der Waals surface area contributed by atoms with Gasteiger partial charge in [-0.3, -0.25) is 0 Å². The van der Waals surface area contributed by atoms with Crippen LogP contribution in [-0.2, 0) is 6.54 Å². The summed E-state index contributed by atoms with van der Waals surface area (Å²) in [5, 5.41) is 0. The van der Waals surface area contributed by atoms with Crippen LogP contribution < -0.4 is 4.74 Å². The minimum atomic E-state index is -2.53. The fourth-order valence-electron chi connectivity index (χ4n) is 4.59. The molecular formula is C28H43NO2Sn. The van der Waals surface area contributed by atoms with E-state index in [0.29, 0.717) is 6.54 Å². The van der Waals surface area contributed by atoms with E-state index in [1.807, 2.05) is 42.5 Å². The van der Waals surface area contributed by atoms with Crippen molar-refractivity contribution in [1.82, 2.24) is 4.90 Å². The maximum absolute atomic E-state index is 13.7. The first-order chi connectivity index (χ1) is 15.6. The van der Waals surface area contributed by atoms with Gasteiger partial charge in [-0.25, -0.2) is 0 Å². The van der Waals surface area contributed by atoms with Crippen LogP contribution in [0.3, 0.4) is 0 Å². The molecule has 32 heavy (non-hydrogen) atoms. The summed E-state index contributed by atoms with van der Waals surface area (Å²) in [5.41, 5.74) is 1.99. The molecule has 0 aliphatic rings. The number of nitrogens with zero attached hydrogens (tertiary/aromatic N) is 1. The first-order valence-electron chi connectivity index (χ1n) is 12.5. The zero-order chi connectivity index (χ0) is 23.2.